The Kier molecular flexibility index (Phi) is 5.97. The fourth-order valence-electron chi connectivity index (χ4n) is 2.56. The molecule has 0 radical (unpaired) electrons. The maximum absolute atomic E-state index is 12.7. The lowest BCUT2D eigenvalue weighted by molar-refractivity contribution is -0.137. The highest BCUT2D eigenvalue weighted by atomic mass is 79.9. The van der Waals surface area contributed by atoms with Crippen LogP contribution in [0, 0.1) is 0 Å². The molecule has 2 aromatic carbocycles. The number of methoxy groups -OCH3 is 1. The minimum absolute atomic E-state index is 0.0564. The molecule has 6 nitrogen and oxygen atoms in total. The van der Waals surface area contributed by atoms with Crippen molar-refractivity contribution < 1.29 is 37.0 Å². The highest BCUT2D eigenvalue weighted by Crippen LogP contribution is 2.37. The molecule has 156 valence electrons. The molecule has 0 aliphatic carbocycles. The minimum atomic E-state index is -4.47. The fraction of sp³-hybridized carbons (Fsp3) is 0.150. The van der Waals surface area contributed by atoms with E-state index in [1.165, 1.54) is 38.3 Å². The Bertz CT molecular complexity index is 1080. The van der Waals surface area contributed by atoms with Gasteiger partial charge in [-0.3, -0.25) is 4.79 Å². The van der Waals surface area contributed by atoms with Crippen molar-refractivity contribution in [2.75, 3.05) is 7.11 Å². The summed E-state index contributed by atoms with van der Waals surface area (Å²) in [6.45, 7) is 1.24. The number of cyclic esters (lactones) is 1. The molecule has 0 bridgehead atoms. The first-order valence-electron chi connectivity index (χ1n) is 8.34. The molecule has 0 amide bonds. The third-order valence-electron chi connectivity index (χ3n) is 3.88. The number of esters is 2. The summed E-state index contributed by atoms with van der Waals surface area (Å²) in [4.78, 5) is 27.4. The lowest BCUT2D eigenvalue weighted by Crippen LogP contribution is -2.08. The average molecular weight is 484 g/mol. The molecule has 0 saturated heterocycles. The lowest BCUT2D eigenvalue weighted by atomic mass is 10.1. The number of hydrogen-bond acceptors (Lipinski definition) is 6. The van der Waals surface area contributed by atoms with Crippen molar-refractivity contribution in [2.45, 2.75) is 13.1 Å². The van der Waals surface area contributed by atoms with Gasteiger partial charge in [0.05, 0.1) is 17.1 Å². The molecule has 0 saturated carbocycles. The maximum Gasteiger partial charge on any atom is 0.416 e. The van der Waals surface area contributed by atoms with Crippen LogP contribution in [0.1, 0.15) is 23.6 Å². The van der Waals surface area contributed by atoms with Crippen molar-refractivity contribution in [3.8, 4) is 11.5 Å². The zero-order valence-corrected chi connectivity index (χ0v) is 17.1. The molecule has 0 fully saturated rings. The van der Waals surface area contributed by atoms with Crippen LogP contribution in [0.25, 0.3) is 6.08 Å². The molecule has 1 aliphatic heterocycles. The summed E-state index contributed by atoms with van der Waals surface area (Å²) in [5.74, 6) is -0.989. The molecule has 10 heteroatoms. The van der Waals surface area contributed by atoms with Gasteiger partial charge in [-0.1, -0.05) is 0 Å². The van der Waals surface area contributed by atoms with Crippen molar-refractivity contribution in [1.29, 1.82) is 0 Å². The van der Waals surface area contributed by atoms with Crippen LogP contribution in [0.15, 0.2) is 51.6 Å². The van der Waals surface area contributed by atoms with E-state index in [1.54, 1.807) is 6.07 Å². The van der Waals surface area contributed by atoms with Gasteiger partial charge in [-0.25, -0.2) is 9.79 Å². The van der Waals surface area contributed by atoms with Crippen LogP contribution in [0.3, 0.4) is 0 Å². The Morgan fingerprint density at radius 1 is 1.20 bits per heavy atom. The van der Waals surface area contributed by atoms with E-state index in [0.29, 0.717) is 10.0 Å². The molecule has 0 spiro atoms. The van der Waals surface area contributed by atoms with Gasteiger partial charge in [0.1, 0.15) is 0 Å². The predicted molar refractivity (Wildman–Crippen MR) is 104 cm³/mol. The van der Waals surface area contributed by atoms with E-state index in [1.807, 2.05) is 0 Å². The lowest BCUT2D eigenvalue weighted by Gasteiger charge is -2.11. The van der Waals surface area contributed by atoms with Gasteiger partial charge < -0.3 is 14.2 Å². The monoisotopic (exact) mass is 483 g/mol. The van der Waals surface area contributed by atoms with Crippen LogP contribution in [-0.4, -0.2) is 24.9 Å². The van der Waals surface area contributed by atoms with E-state index in [9.17, 15) is 22.8 Å². The van der Waals surface area contributed by atoms with Crippen LogP contribution < -0.4 is 9.47 Å². The molecule has 2 aromatic rings. The van der Waals surface area contributed by atoms with E-state index in [-0.39, 0.29) is 28.7 Å². The van der Waals surface area contributed by atoms with Gasteiger partial charge >= 0.3 is 18.1 Å². The van der Waals surface area contributed by atoms with Crippen LogP contribution in [-0.2, 0) is 20.5 Å². The summed E-state index contributed by atoms with van der Waals surface area (Å²) in [6, 6.07) is 7.20. The van der Waals surface area contributed by atoms with Gasteiger partial charge in [-0.15, -0.1) is 0 Å². The summed E-state index contributed by atoms with van der Waals surface area (Å²) in [5.41, 5.74) is -0.168. The Morgan fingerprint density at radius 3 is 2.43 bits per heavy atom. The second-order valence-corrected chi connectivity index (χ2v) is 6.89. The first-order chi connectivity index (χ1) is 14.1. The highest BCUT2D eigenvalue weighted by Gasteiger charge is 2.31. The Balaban J connectivity index is 1.92. The zero-order chi connectivity index (χ0) is 22.1. The number of halogens is 4. The molecular formula is C20H13BrF3NO5. The largest absolute Gasteiger partial charge is 0.493 e. The van der Waals surface area contributed by atoms with Crippen LogP contribution in [0.4, 0.5) is 13.2 Å². The quantitative estimate of drug-likeness (QED) is 0.356. The Hall–Kier alpha value is -3.14. The molecule has 0 aromatic heterocycles. The number of hydrogen-bond donors (Lipinski definition) is 0. The summed E-state index contributed by atoms with van der Waals surface area (Å²) < 4.78 is 53.8. The second-order valence-electron chi connectivity index (χ2n) is 6.04. The van der Waals surface area contributed by atoms with E-state index in [4.69, 9.17) is 14.2 Å². The number of ether oxygens (including phenoxy) is 3. The number of aliphatic imine (C=N–C) groups is 1. The van der Waals surface area contributed by atoms with E-state index >= 15 is 0 Å². The number of rotatable bonds is 4. The molecule has 0 unspecified atom stereocenters. The summed E-state index contributed by atoms with van der Waals surface area (Å²) >= 11 is 3.27. The average Bonchev–Trinajstić information content (AvgIpc) is 3.03. The highest BCUT2D eigenvalue weighted by molar-refractivity contribution is 9.10. The molecule has 0 atom stereocenters. The second kappa shape index (κ2) is 8.31. The van der Waals surface area contributed by atoms with Crippen molar-refractivity contribution in [1.82, 2.24) is 0 Å². The first-order valence-corrected chi connectivity index (χ1v) is 9.14. The van der Waals surface area contributed by atoms with Crippen LogP contribution >= 0.6 is 15.9 Å². The normalized spacial score (nSPS) is 15.1. The van der Waals surface area contributed by atoms with Crippen molar-refractivity contribution >= 4 is 39.8 Å². The van der Waals surface area contributed by atoms with Crippen LogP contribution in [0.5, 0.6) is 11.5 Å². The third kappa shape index (κ3) is 4.70. The van der Waals surface area contributed by atoms with Gasteiger partial charge in [0.25, 0.3) is 0 Å². The topological polar surface area (TPSA) is 74.2 Å². The minimum Gasteiger partial charge on any atom is -0.493 e. The number of alkyl halides is 3. The molecule has 3 rings (SSSR count). The molecule has 30 heavy (non-hydrogen) atoms. The van der Waals surface area contributed by atoms with Gasteiger partial charge in [-0.05, 0) is 64.0 Å². The number of carbonyl (C=O) groups excluding carboxylic acids is 2. The predicted octanol–water partition coefficient (Wildman–Crippen LogP) is 4.75. The number of benzene rings is 2. The zero-order valence-electron chi connectivity index (χ0n) is 15.5. The van der Waals surface area contributed by atoms with E-state index in [0.717, 1.165) is 12.1 Å². The van der Waals surface area contributed by atoms with Gasteiger partial charge in [0.15, 0.2) is 17.2 Å². The first kappa shape index (κ1) is 21.6. The van der Waals surface area contributed by atoms with Crippen molar-refractivity contribution in [2.24, 2.45) is 4.99 Å². The van der Waals surface area contributed by atoms with Crippen molar-refractivity contribution in [3.63, 3.8) is 0 Å². The summed E-state index contributed by atoms with van der Waals surface area (Å²) in [7, 11) is 1.39. The van der Waals surface area contributed by atoms with Gasteiger partial charge in [0.2, 0.25) is 5.90 Å². The Labute approximate surface area is 177 Å². The summed E-state index contributed by atoms with van der Waals surface area (Å²) in [6.07, 6.45) is -3.06. The molecular weight excluding hydrogens is 471 g/mol. The van der Waals surface area contributed by atoms with Crippen LogP contribution in [0.2, 0.25) is 0 Å². The van der Waals surface area contributed by atoms with Gasteiger partial charge in [-0.2, -0.15) is 13.2 Å². The maximum atomic E-state index is 12.7. The number of carbonyl (C=O) groups is 2. The molecule has 1 heterocycles. The smallest absolute Gasteiger partial charge is 0.416 e. The molecule has 1 aliphatic rings. The summed E-state index contributed by atoms with van der Waals surface area (Å²) in [5, 5.41) is 0. The van der Waals surface area contributed by atoms with Gasteiger partial charge in [0, 0.05) is 12.5 Å². The van der Waals surface area contributed by atoms with E-state index in [2.05, 4.69) is 20.9 Å². The molecule has 0 N–H and O–H groups in total. The Morgan fingerprint density at radius 2 is 1.87 bits per heavy atom. The van der Waals surface area contributed by atoms with E-state index < -0.39 is 23.7 Å². The number of nitrogens with zero attached hydrogens (tertiary/aromatic N) is 1. The SMILES string of the molecule is COc1cc(C=C2N=C(c3ccc(C(F)(F)F)cc3)OC2=O)cc(Br)c1OC(C)=O. The third-order valence-corrected chi connectivity index (χ3v) is 4.47. The standard InChI is InChI=1S/C20H13BrF3NO5/c1-10(26)29-17-14(21)7-11(9-16(17)28-2)8-15-19(27)30-18(25-15)12-3-5-13(6-4-12)20(22,23)24/h3-9H,1-2H3. The van der Waals surface area contributed by atoms with Crippen molar-refractivity contribution in [3.05, 3.63) is 63.3 Å². The fourth-order valence-corrected chi connectivity index (χ4v) is 3.10.